The van der Waals surface area contributed by atoms with Crippen molar-refractivity contribution < 1.29 is 0 Å². The molecule has 0 aromatic carbocycles. The molecule has 0 aromatic heterocycles. The van der Waals surface area contributed by atoms with E-state index in [1.165, 1.54) is 49.9 Å². The summed E-state index contributed by atoms with van der Waals surface area (Å²) in [5.74, 6) is 2.58. The van der Waals surface area contributed by atoms with E-state index in [1.54, 1.807) is 0 Å². The molecule has 4 heterocycles. The van der Waals surface area contributed by atoms with Gasteiger partial charge in [0.05, 0.1) is 12.9 Å². The third-order valence-electron chi connectivity index (χ3n) is 5.55. The molecule has 2 atom stereocenters. The summed E-state index contributed by atoms with van der Waals surface area (Å²) in [7, 11) is 2.02. The maximum atomic E-state index is 4.23. The Morgan fingerprint density at radius 2 is 1.19 bits per heavy atom. The fourth-order valence-electron chi connectivity index (χ4n) is 3.44. The van der Waals surface area contributed by atoms with Gasteiger partial charge in [-0.05, 0) is 76.3 Å². The molecule has 0 radical (unpaired) electrons. The van der Waals surface area contributed by atoms with Crippen LogP contribution in [0.5, 0.6) is 0 Å². The highest BCUT2D eigenvalue weighted by Crippen LogP contribution is 2.15. The summed E-state index contributed by atoms with van der Waals surface area (Å²) in [6.45, 7) is 32.2. The lowest BCUT2D eigenvalue weighted by molar-refractivity contribution is 0.568. The molecule has 1 aliphatic carbocycles. The Bertz CT molecular complexity index is 584. The van der Waals surface area contributed by atoms with Gasteiger partial charge in [0.15, 0.2) is 0 Å². The van der Waals surface area contributed by atoms with Crippen molar-refractivity contribution in [3.05, 3.63) is 12.2 Å². The summed E-state index contributed by atoms with van der Waals surface area (Å²) in [6.07, 6.45) is 15.9. The van der Waals surface area contributed by atoms with E-state index >= 15 is 0 Å². The quantitative estimate of drug-likeness (QED) is 0.256. The van der Waals surface area contributed by atoms with Gasteiger partial charge in [0, 0.05) is 44.7 Å². The minimum atomic E-state index is 0. The molecule has 0 amide bonds. The summed E-state index contributed by atoms with van der Waals surface area (Å²) in [5, 5.41) is 0. The van der Waals surface area contributed by atoms with Crippen LogP contribution < -0.4 is 0 Å². The van der Waals surface area contributed by atoms with Crippen LogP contribution in [0.2, 0.25) is 0 Å². The molecule has 4 aliphatic heterocycles. The van der Waals surface area contributed by atoms with E-state index < -0.39 is 0 Å². The molecule has 0 saturated carbocycles. The van der Waals surface area contributed by atoms with Gasteiger partial charge in [0.1, 0.15) is 0 Å². The highest BCUT2D eigenvalue weighted by Gasteiger charge is 2.08. The van der Waals surface area contributed by atoms with Crippen molar-refractivity contribution in [1.82, 2.24) is 4.90 Å². The predicted molar refractivity (Wildman–Crippen MR) is 205 cm³/mol. The number of hydrogen-bond acceptors (Lipinski definition) is 5. The molecule has 5 aliphatic rings. The van der Waals surface area contributed by atoms with E-state index in [4.69, 9.17) is 0 Å². The van der Waals surface area contributed by atoms with Crippen molar-refractivity contribution >= 4 is 24.0 Å². The minimum absolute atomic E-state index is 0. The van der Waals surface area contributed by atoms with Crippen LogP contribution in [0.1, 0.15) is 151 Å². The normalized spacial score (nSPS) is 19.3. The van der Waals surface area contributed by atoms with Crippen molar-refractivity contribution in [2.45, 2.75) is 151 Å². The van der Waals surface area contributed by atoms with E-state index in [0.717, 1.165) is 50.5 Å². The number of hydrogen-bond donors (Lipinski definition) is 0. The first-order valence-corrected chi connectivity index (χ1v) is 16.2. The smallest absolute Gasteiger partial charge is 0.0848 e. The Hall–Kier alpha value is -1.78. The van der Waals surface area contributed by atoms with Gasteiger partial charge in [-0.1, -0.05) is 111 Å². The van der Waals surface area contributed by atoms with Gasteiger partial charge in [-0.2, -0.15) is 0 Å². The first-order chi connectivity index (χ1) is 18.9. The zero-order valence-corrected chi connectivity index (χ0v) is 29.1. The summed E-state index contributed by atoms with van der Waals surface area (Å²) in [5.41, 5.74) is 2.66. The van der Waals surface area contributed by atoms with Crippen LogP contribution in [0.15, 0.2) is 32.1 Å². The summed E-state index contributed by atoms with van der Waals surface area (Å²) < 4.78 is 0. The molecule has 0 saturated heterocycles. The Balaban J connectivity index is -0.0000000677. The topological polar surface area (TPSA) is 52.7 Å². The van der Waals surface area contributed by atoms with Crippen molar-refractivity contribution in [3.8, 4) is 0 Å². The van der Waals surface area contributed by atoms with Gasteiger partial charge in [-0.3, -0.25) is 20.0 Å². The number of nitrogens with zero attached hydrogens (tertiary/aromatic N) is 5. The first kappa shape index (κ1) is 56.1. The second-order valence-electron chi connectivity index (χ2n) is 9.54. The standard InChI is InChI=1S/C6H11N.C6H10.2C5H9N.C4H8N2.4C2H6.3CH4/c1-5-3-6(2)7-4-5;1-6-4-2-3-5-6;1-5-2-3-6-4-5;1-5-3-2-4-6-5;1-6-3-2-5-4-6;4*1-2;;;/h5H,3-4H2,1-2H3;2-3,6H,4-5H2,1H3;3,5H,2,4H2,1H3;2-4H2,1H3;4H,2-3H2,1H3;4*1-2H3;3*1H4. The fourth-order valence-corrected chi connectivity index (χ4v) is 3.44. The molecule has 42 heavy (non-hydrogen) atoms. The zero-order chi connectivity index (χ0) is 30.9. The van der Waals surface area contributed by atoms with Crippen LogP contribution in [-0.4, -0.2) is 68.6 Å². The Morgan fingerprint density at radius 3 is 1.31 bits per heavy atom. The molecule has 5 heteroatoms. The Labute approximate surface area is 269 Å². The summed E-state index contributed by atoms with van der Waals surface area (Å²) >= 11 is 0. The molecule has 0 bridgehead atoms. The molecular weight excluding hydrogens is 514 g/mol. The second kappa shape index (κ2) is 46.2. The van der Waals surface area contributed by atoms with Crippen LogP contribution in [0.25, 0.3) is 0 Å². The summed E-state index contributed by atoms with van der Waals surface area (Å²) in [4.78, 5) is 18.5. The van der Waals surface area contributed by atoms with Crippen LogP contribution in [0.4, 0.5) is 0 Å². The SMILES string of the molecule is C.C.C.CC.CC.CC.CC.CC1=NCC(C)C1.CC1=NCCC1.CC1CC=CC1.CC1CC=NC1.CN1C=NCC1. The predicted octanol–water partition coefficient (Wildman–Crippen LogP) is 11.8. The number of allylic oxidation sites excluding steroid dienone is 2. The monoisotopic (exact) mass is 598 g/mol. The van der Waals surface area contributed by atoms with E-state index in [1.807, 2.05) is 75.0 Å². The second-order valence-corrected chi connectivity index (χ2v) is 9.54. The first-order valence-electron chi connectivity index (χ1n) is 16.2. The van der Waals surface area contributed by atoms with Crippen molar-refractivity contribution in [3.63, 3.8) is 0 Å². The van der Waals surface area contributed by atoms with Crippen LogP contribution in [0.3, 0.4) is 0 Å². The molecule has 5 rings (SSSR count). The molecule has 2 unspecified atom stereocenters. The lowest BCUT2D eigenvalue weighted by Crippen LogP contribution is -2.11. The maximum Gasteiger partial charge on any atom is 0.0848 e. The maximum absolute atomic E-state index is 4.23. The van der Waals surface area contributed by atoms with Crippen LogP contribution in [0, 0.1) is 17.8 Å². The summed E-state index contributed by atoms with van der Waals surface area (Å²) in [6, 6.07) is 0. The Kier molecular flexibility index (Phi) is 61.6. The third-order valence-corrected chi connectivity index (χ3v) is 5.55. The molecule has 0 fully saturated rings. The van der Waals surface area contributed by atoms with E-state index in [9.17, 15) is 0 Å². The molecular formula is C37H83N5. The molecule has 256 valence electrons. The van der Waals surface area contributed by atoms with E-state index in [-0.39, 0.29) is 22.3 Å². The molecule has 0 aromatic rings. The fraction of sp³-hybridized carbons (Fsp3) is 0.838. The zero-order valence-electron chi connectivity index (χ0n) is 29.1. The van der Waals surface area contributed by atoms with Gasteiger partial charge < -0.3 is 4.90 Å². The lowest BCUT2D eigenvalue weighted by Gasteiger charge is -1.99. The largest absolute Gasteiger partial charge is 0.364 e. The van der Waals surface area contributed by atoms with Gasteiger partial charge in [0.25, 0.3) is 0 Å². The molecule has 0 N–H and O–H groups in total. The van der Waals surface area contributed by atoms with Gasteiger partial charge in [0.2, 0.25) is 0 Å². The number of likely N-dealkylation sites (N-methyl/N-ethyl adjacent to an activating group) is 1. The lowest BCUT2D eigenvalue weighted by atomic mass is 10.1. The van der Waals surface area contributed by atoms with Crippen LogP contribution in [-0.2, 0) is 0 Å². The van der Waals surface area contributed by atoms with Crippen molar-refractivity contribution in [2.24, 2.45) is 37.7 Å². The Morgan fingerprint density at radius 1 is 0.643 bits per heavy atom. The van der Waals surface area contributed by atoms with Gasteiger partial charge >= 0.3 is 0 Å². The van der Waals surface area contributed by atoms with E-state index in [0.29, 0.717) is 0 Å². The molecule has 5 nitrogen and oxygen atoms in total. The van der Waals surface area contributed by atoms with Crippen LogP contribution >= 0.6 is 0 Å². The molecule has 0 spiro atoms. The van der Waals surface area contributed by atoms with Gasteiger partial charge in [-0.15, -0.1) is 0 Å². The third kappa shape index (κ3) is 42.7. The van der Waals surface area contributed by atoms with Gasteiger partial charge in [-0.25, -0.2) is 0 Å². The minimum Gasteiger partial charge on any atom is -0.364 e. The average Bonchev–Trinajstić information content (AvgIpc) is 3.82. The highest BCUT2D eigenvalue weighted by molar-refractivity contribution is 5.83. The number of rotatable bonds is 0. The highest BCUT2D eigenvalue weighted by atomic mass is 15.2. The van der Waals surface area contributed by atoms with Crippen molar-refractivity contribution in [2.75, 3.05) is 39.8 Å². The van der Waals surface area contributed by atoms with Crippen molar-refractivity contribution in [1.29, 1.82) is 0 Å². The average molecular weight is 598 g/mol. The van der Waals surface area contributed by atoms with E-state index in [2.05, 4.69) is 71.6 Å². The number of aliphatic imine (C=N–C) groups is 4.